The molecule has 0 atom stereocenters. The number of anilines is 1. The van der Waals surface area contributed by atoms with Crippen molar-refractivity contribution >= 4 is 23.3 Å². The van der Waals surface area contributed by atoms with E-state index in [1.54, 1.807) is 12.1 Å². The van der Waals surface area contributed by atoms with Crippen LogP contribution in [0.25, 0.3) is 0 Å². The highest BCUT2D eigenvalue weighted by Gasteiger charge is 2.18. The third kappa shape index (κ3) is 4.40. The van der Waals surface area contributed by atoms with Crippen LogP contribution in [0.15, 0.2) is 18.2 Å². The zero-order valence-corrected chi connectivity index (χ0v) is 12.4. The van der Waals surface area contributed by atoms with Gasteiger partial charge >= 0.3 is 5.97 Å². The molecule has 0 unspecified atom stereocenters. The van der Waals surface area contributed by atoms with Crippen LogP contribution in [0.4, 0.5) is 5.69 Å². The molecule has 1 N–H and O–H groups in total. The Morgan fingerprint density at radius 2 is 2.00 bits per heavy atom. The molecule has 0 aliphatic rings. The second-order valence-electron chi connectivity index (χ2n) is 4.68. The van der Waals surface area contributed by atoms with Gasteiger partial charge in [0.15, 0.2) is 0 Å². The first-order valence-corrected chi connectivity index (χ1v) is 6.76. The summed E-state index contributed by atoms with van der Waals surface area (Å²) < 4.78 is 0. The van der Waals surface area contributed by atoms with E-state index in [2.05, 4.69) is 9.80 Å². The van der Waals surface area contributed by atoms with E-state index in [-0.39, 0.29) is 10.6 Å². The second-order valence-corrected chi connectivity index (χ2v) is 5.08. The molecule has 1 rings (SSSR count). The van der Waals surface area contributed by atoms with Gasteiger partial charge in [-0.25, -0.2) is 4.79 Å². The molecule has 0 heterocycles. The fraction of sp³-hybridized carbons (Fsp3) is 0.500. The molecule has 19 heavy (non-hydrogen) atoms. The molecular weight excluding hydrogens is 264 g/mol. The minimum absolute atomic E-state index is 0.191. The van der Waals surface area contributed by atoms with Gasteiger partial charge in [-0.3, -0.25) is 0 Å². The van der Waals surface area contributed by atoms with Crippen LogP contribution in [-0.2, 0) is 0 Å². The molecule has 1 aromatic carbocycles. The first kappa shape index (κ1) is 15.8. The van der Waals surface area contributed by atoms with E-state index in [4.69, 9.17) is 11.6 Å². The van der Waals surface area contributed by atoms with Crippen molar-refractivity contribution < 1.29 is 9.90 Å². The van der Waals surface area contributed by atoms with Gasteiger partial charge in [-0.1, -0.05) is 17.7 Å². The van der Waals surface area contributed by atoms with E-state index in [1.807, 2.05) is 27.1 Å². The number of benzene rings is 1. The Kier molecular flexibility index (Phi) is 6.12. The smallest absolute Gasteiger partial charge is 0.339 e. The fourth-order valence-electron chi connectivity index (χ4n) is 2.01. The van der Waals surface area contributed by atoms with Crippen LogP contribution in [0.3, 0.4) is 0 Å². The molecule has 0 spiro atoms. The number of aromatic carboxylic acids is 1. The number of halogens is 1. The van der Waals surface area contributed by atoms with Crippen molar-refractivity contribution in [1.29, 1.82) is 0 Å². The quantitative estimate of drug-likeness (QED) is 0.836. The highest BCUT2D eigenvalue weighted by atomic mass is 35.5. The van der Waals surface area contributed by atoms with E-state index in [0.29, 0.717) is 5.69 Å². The Morgan fingerprint density at radius 1 is 1.32 bits per heavy atom. The average Bonchev–Trinajstić information content (AvgIpc) is 2.33. The van der Waals surface area contributed by atoms with Gasteiger partial charge in [-0.15, -0.1) is 0 Å². The lowest BCUT2D eigenvalue weighted by Gasteiger charge is -2.25. The molecule has 106 valence electrons. The molecule has 0 fully saturated rings. The number of carbonyl (C=O) groups is 1. The summed E-state index contributed by atoms with van der Waals surface area (Å²) in [6.45, 7) is 4.56. The van der Waals surface area contributed by atoms with Crippen molar-refractivity contribution in [2.75, 3.05) is 38.6 Å². The maximum Gasteiger partial charge on any atom is 0.339 e. The van der Waals surface area contributed by atoms with Gasteiger partial charge in [0, 0.05) is 13.1 Å². The molecular formula is C14H21ClN2O2. The first-order chi connectivity index (χ1) is 8.97. The average molecular weight is 285 g/mol. The molecule has 0 radical (unpaired) electrons. The van der Waals surface area contributed by atoms with Crippen molar-refractivity contribution in [2.24, 2.45) is 0 Å². The van der Waals surface area contributed by atoms with Crippen LogP contribution in [0.1, 0.15) is 23.7 Å². The maximum absolute atomic E-state index is 11.3. The third-order valence-corrected chi connectivity index (χ3v) is 3.28. The van der Waals surface area contributed by atoms with Crippen LogP contribution >= 0.6 is 11.6 Å². The van der Waals surface area contributed by atoms with Gasteiger partial charge in [-0.05, 0) is 46.1 Å². The minimum Gasteiger partial charge on any atom is -0.478 e. The number of carboxylic acid groups (broad SMARTS) is 1. The van der Waals surface area contributed by atoms with Crippen molar-refractivity contribution in [3.63, 3.8) is 0 Å². The lowest BCUT2D eigenvalue weighted by atomic mass is 10.1. The SMILES string of the molecule is CCN(CCCN(C)C)c1cccc(Cl)c1C(=O)O. The Bertz CT molecular complexity index is 435. The fourth-order valence-corrected chi connectivity index (χ4v) is 2.27. The largest absolute Gasteiger partial charge is 0.478 e. The summed E-state index contributed by atoms with van der Waals surface area (Å²) in [5.74, 6) is -0.980. The Labute approximate surface area is 119 Å². The summed E-state index contributed by atoms with van der Waals surface area (Å²) in [6.07, 6.45) is 0.979. The van der Waals surface area contributed by atoms with Crippen LogP contribution in [-0.4, -0.2) is 49.7 Å². The van der Waals surface area contributed by atoms with Crippen molar-refractivity contribution in [3.05, 3.63) is 28.8 Å². The molecule has 0 aromatic heterocycles. The summed E-state index contributed by atoms with van der Waals surface area (Å²) in [6, 6.07) is 5.22. The normalized spacial score (nSPS) is 10.8. The van der Waals surface area contributed by atoms with E-state index in [9.17, 15) is 9.90 Å². The van der Waals surface area contributed by atoms with Crippen molar-refractivity contribution in [1.82, 2.24) is 4.90 Å². The predicted octanol–water partition coefficient (Wildman–Crippen LogP) is 2.82. The summed E-state index contributed by atoms with van der Waals surface area (Å²) >= 11 is 5.99. The van der Waals surface area contributed by atoms with Gasteiger partial charge in [0.05, 0.1) is 10.7 Å². The van der Waals surface area contributed by atoms with Gasteiger partial charge < -0.3 is 14.9 Å². The highest BCUT2D eigenvalue weighted by molar-refractivity contribution is 6.34. The lowest BCUT2D eigenvalue weighted by molar-refractivity contribution is 0.0697. The van der Waals surface area contributed by atoms with Gasteiger partial charge in [0.2, 0.25) is 0 Å². The lowest BCUT2D eigenvalue weighted by Crippen LogP contribution is -2.28. The number of hydrogen-bond acceptors (Lipinski definition) is 3. The highest BCUT2D eigenvalue weighted by Crippen LogP contribution is 2.27. The molecule has 0 aliphatic heterocycles. The minimum atomic E-state index is -0.980. The Balaban J connectivity index is 2.92. The zero-order valence-electron chi connectivity index (χ0n) is 11.7. The van der Waals surface area contributed by atoms with E-state index in [0.717, 1.165) is 26.1 Å². The Morgan fingerprint density at radius 3 is 2.53 bits per heavy atom. The number of rotatable bonds is 7. The summed E-state index contributed by atoms with van der Waals surface area (Å²) in [4.78, 5) is 15.5. The molecule has 0 aliphatic carbocycles. The molecule has 0 saturated heterocycles. The topological polar surface area (TPSA) is 43.8 Å². The third-order valence-electron chi connectivity index (χ3n) is 2.96. The predicted molar refractivity (Wildman–Crippen MR) is 79.5 cm³/mol. The summed E-state index contributed by atoms with van der Waals surface area (Å²) in [5.41, 5.74) is 0.886. The van der Waals surface area contributed by atoms with E-state index < -0.39 is 5.97 Å². The Hall–Kier alpha value is -1.26. The second kappa shape index (κ2) is 7.36. The molecule has 5 heteroatoms. The molecule has 0 saturated carbocycles. The summed E-state index contributed by atoms with van der Waals surface area (Å²) in [5, 5.41) is 9.57. The van der Waals surface area contributed by atoms with Gasteiger partial charge in [-0.2, -0.15) is 0 Å². The van der Waals surface area contributed by atoms with E-state index in [1.165, 1.54) is 0 Å². The van der Waals surface area contributed by atoms with Gasteiger partial charge in [0.1, 0.15) is 5.56 Å². The number of hydrogen-bond donors (Lipinski definition) is 1. The molecule has 0 bridgehead atoms. The zero-order chi connectivity index (χ0) is 14.4. The standard InChI is InChI=1S/C14H21ClN2O2/c1-4-17(10-6-9-16(2)3)12-8-5-7-11(15)13(12)14(18)19/h5,7-8H,4,6,9-10H2,1-3H3,(H,18,19). The van der Waals surface area contributed by atoms with E-state index >= 15 is 0 Å². The van der Waals surface area contributed by atoms with Crippen LogP contribution in [0, 0.1) is 0 Å². The monoisotopic (exact) mass is 284 g/mol. The van der Waals surface area contributed by atoms with Crippen LogP contribution in [0.5, 0.6) is 0 Å². The first-order valence-electron chi connectivity index (χ1n) is 6.38. The maximum atomic E-state index is 11.3. The number of nitrogens with zero attached hydrogens (tertiary/aromatic N) is 2. The van der Waals surface area contributed by atoms with Crippen LogP contribution < -0.4 is 4.90 Å². The summed E-state index contributed by atoms with van der Waals surface area (Å²) in [7, 11) is 4.05. The van der Waals surface area contributed by atoms with Crippen molar-refractivity contribution in [3.8, 4) is 0 Å². The van der Waals surface area contributed by atoms with Gasteiger partial charge in [0.25, 0.3) is 0 Å². The molecule has 1 aromatic rings. The van der Waals surface area contributed by atoms with Crippen molar-refractivity contribution in [2.45, 2.75) is 13.3 Å². The molecule has 0 amide bonds. The van der Waals surface area contributed by atoms with Crippen LogP contribution in [0.2, 0.25) is 5.02 Å². The molecule has 4 nitrogen and oxygen atoms in total. The number of carboxylic acids is 1.